The van der Waals surface area contributed by atoms with E-state index in [0.717, 1.165) is 24.4 Å². The van der Waals surface area contributed by atoms with Crippen LogP contribution in [0.3, 0.4) is 0 Å². The maximum Gasteiger partial charge on any atom is 0.286 e. The number of ether oxygens (including phenoxy) is 1. The number of nitrogens with zero attached hydrogens (tertiary/aromatic N) is 3. The van der Waals surface area contributed by atoms with Crippen molar-refractivity contribution in [3.05, 3.63) is 69.7 Å². The van der Waals surface area contributed by atoms with Gasteiger partial charge in [-0.1, -0.05) is 35.5 Å². The number of hydrogen-bond acceptors (Lipinski definition) is 7. The van der Waals surface area contributed by atoms with Crippen molar-refractivity contribution in [3.63, 3.8) is 0 Å². The highest BCUT2D eigenvalue weighted by atomic mass is 32.1. The van der Waals surface area contributed by atoms with Gasteiger partial charge in [0.2, 0.25) is 5.01 Å². The van der Waals surface area contributed by atoms with Crippen molar-refractivity contribution in [1.29, 1.82) is 0 Å². The average molecular weight is 494 g/mol. The third kappa shape index (κ3) is 7.10. The molecule has 1 aliphatic heterocycles. The lowest BCUT2D eigenvalue weighted by atomic mass is 10.0. The molecule has 9 heteroatoms. The van der Waals surface area contributed by atoms with Gasteiger partial charge in [-0.05, 0) is 69.6 Å². The van der Waals surface area contributed by atoms with E-state index in [1.807, 2.05) is 31.2 Å². The number of anilines is 1. The molecule has 1 fully saturated rings. The summed E-state index contributed by atoms with van der Waals surface area (Å²) >= 11 is 1.18. The number of nitrogens with one attached hydrogen (secondary N) is 2. The van der Waals surface area contributed by atoms with E-state index in [0.29, 0.717) is 28.8 Å². The predicted molar refractivity (Wildman–Crippen MR) is 137 cm³/mol. The number of amides is 2. The van der Waals surface area contributed by atoms with Crippen molar-refractivity contribution in [2.75, 3.05) is 25.0 Å². The summed E-state index contributed by atoms with van der Waals surface area (Å²) in [6.07, 6.45) is 3.74. The van der Waals surface area contributed by atoms with Crippen LogP contribution in [-0.2, 0) is 6.61 Å². The minimum Gasteiger partial charge on any atom is -0.486 e. The molecule has 3 aromatic rings. The lowest BCUT2D eigenvalue weighted by Gasteiger charge is -2.33. The second kappa shape index (κ2) is 11.9. The van der Waals surface area contributed by atoms with Crippen LogP contribution < -0.4 is 15.4 Å². The molecule has 0 unspecified atom stereocenters. The number of benzene rings is 2. The second-order valence-electron chi connectivity index (χ2n) is 8.77. The van der Waals surface area contributed by atoms with Gasteiger partial charge in [0, 0.05) is 30.4 Å². The summed E-state index contributed by atoms with van der Waals surface area (Å²) in [5.74, 6) is 0.272. The fraction of sp³-hybridized carbons (Fsp3) is 0.385. The molecular weight excluding hydrogens is 462 g/mol. The van der Waals surface area contributed by atoms with Gasteiger partial charge in [0.05, 0.1) is 0 Å². The Hall–Kier alpha value is -3.30. The van der Waals surface area contributed by atoms with E-state index < -0.39 is 0 Å². The first-order valence-corrected chi connectivity index (χ1v) is 12.7. The number of aromatic nitrogens is 2. The first-order chi connectivity index (χ1) is 17.0. The van der Waals surface area contributed by atoms with Crippen LogP contribution in [0.4, 0.5) is 5.69 Å². The predicted octanol–water partition coefficient (Wildman–Crippen LogP) is 4.28. The van der Waals surface area contributed by atoms with Crippen LogP contribution in [0.15, 0.2) is 48.5 Å². The van der Waals surface area contributed by atoms with Crippen molar-refractivity contribution in [3.8, 4) is 5.75 Å². The first-order valence-electron chi connectivity index (χ1n) is 11.9. The quantitative estimate of drug-likeness (QED) is 0.462. The monoisotopic (exact) mass is 493 g/mol. The Morgan fingerprint density at radius 3 is 2.57 bits per heavy atom. The summed E-state index contributed by atoms with van der Waals surface area (Å²) in [5, 5.41) is 14.7. The van der Waals surface area contributed by atoms with Gasteiger partial charge < -0.3 is 15.4 Å². The van der Waals surface area contributed by atoms with Gasteiger partial charge in [0.1, 0.15) is 12.4 Å². The number of piperidine rings is 1. The van der Waals surface area contributed by atoms with Crippen LogP contribution in [-0.4, -0.2) is 52.6 Å². The molecule has 2 heterocycles. The molecule has 4 rings (SSSR count). The molecule has 0 spiro atoms. The molecule has 0 aliphatic carbocycles. The van der Waals surface area contributed by atoms with E-state index in [2.05, 4.69) is 32.7 Å². The summed E-state index contributed by atoms with van der Waals surface area (Å²) in [4.78, 5) is 27.4. The van der Waals surface area contributed by atoms with E-state index >= 15 is 0 Å². The van der Waals surface area contributed by atoms with Gasteiger partial charge in [0.15, 0.2) is 5.01 Å². The number of carbonyl (C=O) groups excluding carboxylic acids is 2. The molecule has 1 saturated heterocycles. The molecular formula is C26H31N5O3S. The highest BCUT2D eigenvalue weighted by Crippen LogP contribution is 2.18. The lowest BCUT2D eigenvalue weighted by molar-refractivity contribution is 0.0938. The zero-order valence-electron chi connectivity index (χ0n) is 20.1. The van der Waals surface area contributed by atoms with Crippen LogP contribution >= 0.6 is 11.3 Å². The molecule has 0 saturated carbocycles. The van der Waals surface area contributed by atoms with E-state index in [9.17, 15) is 9.59 Å². The van der Waals surface area contributed by atoms with Crippen molar-refractivity contribution in [2.45, 2.75) is 45.8 Å². The van der Waals surface area contributed by atoms with Crippen molar-refractivity contribution in [1.82, 2.24) is 20.4 Å². The van der Waals surface area contributed by atoms with Crippen molar-refractivity contribution >= 4 is 28.8 Å². The normalized spacial score (nSPS) is 16.0. The van der Waals surface area contributed by atoms with Gasteiger partial charge >= 0.3 is 0 Å². The van der Waals surface area contributed by atoms with Gasteiger partial charge in [0.25, 0.3) is 11.8 Å². The molecule has 2 aromatic carbocycles. The van der Waals surface area contributed by atoms with Gasteiger partial charge in [-0.25, -0.2) is 0 Å². The smallest absolute Gasteiger partial charge is 0.286 e. The molecule has 1 aromatic heterocycles. The third-order valence-electron chi connectivity index (χ3n) is 6.07. The van der Waals surface area contributed by atoms with Crippen LogP contribution in [0.5, 0.6) is 5.75 Å². The fourth-order valence-electron chi connectivity index (χ4n) is 3.98. The maximum atomic E-state index is 12.5. The molecule has 2 N–H and O–H groups in total. The van der Waals surface area contributed by atoms with E-state index in [1.165, 1.54) is 30.6 Å². The highest BCUT2D eigenvalue weighted by molar-refractivity contribution is 7.13. The molecule has 8 nitrogen and oxygen atoms in total. The largest absolute Gasteiger partial charge is 0.486 e. The summed E-state index contributed by atoms with van der Waals surface area (Å²) in [6.45, 7) is 7.08. The van der Waals surface area contributed by atoms with Crippen LogP contribution in [0.25, 0.3) is 0 Å². The molecule has 2 amide bonds. The first kappa shape index (κ1) is 24.8. The van der Waals surface area contributed by atoms with Crippen LogP contribution in [0, 0.1) is 6.92 Å². The summed E-state index contributed by atoms with van der Waals surface area (Å²) in [6, 6.07) is 15.1. The number of likely N-dealkylation sites (tertiary alicyclic amines) is 1. The van der Waals surface area contributed by atoms with Gasteiger partial charge in [-0.15, -0.1) is 10.2 Å². The Balaban J connectivity index is 1.23. The molecule has 0 bridgehead atoms. The Labute approximate surface area is 209 Å². The van der Waals surface area contributed by atoms with E-state index in [-0.39, 0.29) is 23.4 Å². The number of rotatable bonds is 9. The standard InChI is InChI=1S/C26H31N5O3S/c1-18-6-12-22(13-7-18)34-17-23-29-30-26(35-23)25(33)28-21-10-8-20(9-11-21)24(32)27-14-16-31-15-4-3-5-19(31)2/h6-13,19H,3-5,14-17H2,1-2H3,(H,27,32)(H,28,33)/t19-/m1/s1. The fourth-order valence-corrected chi connectivity index (χ4v) is 4.63. The number of aryl methyl sites for hydroxylation is 1. The minimum absolute atomic E-state index is 0.116. The zero-order chi connectivity index (χ0) is 24.6. The summed E-state index contributed by atoms with van der Waals surface area (Å²) in [7, 11) is 0. The SMILES string of the molecule is Cc1ccc(OCc2nnc(C(=O)Nc3ccc(C(=O)NCCN4CCCC[C@H]4C)cc3)s2)cc1. The van der Waals surface area contributed by atoms with E-state index in [4.69, 9.17) is 4.74 Å². The lowest BCUT2D eigenvalue weighted by Crippen LogP contribution is -2.42. The molecule has 1 aliphatic rings. The third-order valence-corrected chi connectivity index (χ3v) is 6.97. The average Bonchev–Trinajstić information content (AvgIpc) is 3.35. The summed E-state index contributed by atoms with van der Waals surface area (Å²) < 4.78 is 5.70. The Morgan fingerprint density at radius 1 is 1.06 bits per heavy atom. The Morgan fingerprint density at radius 2 is 1.83 bits per heavy atom. The molecule has 0 radical (unpaired) electrons. The Kier molecular flexibility index (Phi) is 8.44. The van der Waals surface area contributed by atoms with Crippen LogP contribution in [0.2, 0.25) is 0 Å². The number of hydrogen-bond donors (Lipinski definition) is 2. The zero-order valence-corrected chi connectivity index (χ0v) is 20.9. The topological polar surface area (TPSA) is 96.5 Å². The van der Waals surface area contributed by atoms with Gasteiger partial charge in [-0.3, -0.25) is 14.5 Å². The minimum atomic E-state index is -0.350. The number of carbonyl (C=O) groups is 2. The van der Waals surface area contributed by atoms with Crippen LogP contribution in [0.1, 0.15) is 56.9 Å². The Bertz CT molecular complexity index is 1130. The van der Waals surface area contributed by atoms with Crippen molar-refractivity contribution < 1.29 is 14.3 Å². The molecule has 1 atom stereocenters. The van der Waals surface area contributed by atoms with Gasteiger partial charge in [-0.2, -0.15) is 0 Å². The highest BCUT2D eigenvalue weighted by Gasteiger charge is 2.18. The maximum absolute atomic E-state index is 12.5. The summed E-state index contributed by atoms with van der Waals surface area (Å²) in [5.41, 5.74) is 2.30. The second-order valence-corrected chi connectivity index (χ2v) is 9.83. The van der Waals surface area contributed by atoms with Crippen molar-refractivity contribution in [2.24, 2.45) is 0 Å². The van der Waals surface area contributed by atoms with E-state index in [1.54, 1.807) is 24.3 Å². The molecule has 35 heavy (non-hydrogen) atoms. The molecule has 184 valence electrons.